The minimum Gasteiger partial charge on any atom is -0.351 e. The first-order valence-corrected chi connectivity index (χ1v) is 4.47. The monoisotopic (exact) mass is 157 g/mol. The maximum absolute atomic E-state index is 5.49. The number of hydrogen-bond acceptors (Lipinski definition) is 3. The molecule has 11 heavy (non-hydrogen) atoms. The van der Waals surface area contributed by atoms with Crippen molar-refractivity contribution in [3.63, 3.8) is 0 Å². The summed E-state index contributed by atoms with van der Waals surface area (Å²) in [7, 11) is 0. The van der Waals surface area contributed by atoms with Crippen LogP contribution in [0, 0.1) is 0 Å². The van der Waals surface area contributed by atoms with Crippen molar-refractivity contribution < 1.29 is 9.57 Å². The zero-order chi connectivity index (χ0) is 7.68. The van der Waals surface area contributed by atoms with Gasteiger partial charge in [0.1, 0.15) is 6.10 Å². The molecule has 2 saturated heterocycles. The first-order chi connectivity index (χ1) is 5.42. The summed E-state index contributed by atoms with van der Waals surface area (Å²) in [6, 6.07) is 0. The van der Waals surface area contributed by atoms with Gasteiger partial charge in [-0.2, -0.15) is 5.06 Å². The number of fused-ring (bicyclic) bond motifs is 1. The molecule has 2 fully saturated rings. The van der Waals surface area contributed by atoms with Gasteiger partial charge < -0.3 is 4.74 Å². The number of hydroxylamine groups is 2. The highest BCUT2D eigenvalue weighted by Crippen LogP contribution is 2.34. The van der Waals surface area contributed by atoms with Gasteiger partial charge in [0.15, 0.2) is 6.23 Å². The lowest BCUT2D eigenvalue weighted by molar-refractivity contribution is -0.187. The number of ether oxygens (including phenoxy) is 1. The summed E-state index contributed by atoms with van der Waals surface area (Å²) in [5.41, 5.74) is 0. The molecule has 2 aliphatic heterocycles. The number of hydrogen-bond donors (Lipinski definition) is 0. The predicted octanol–water partition coefficient (Wildman–Crippen LogP) is 1.15. The van der Waals surface area contributed by atoms with E-state index in [1.54, 1.807) is 0 Å². The summed E-state index contributed by atoms with van der Waals surface area (Å²) < 4.78 is 5.39. The van der Waals surface area contributed by atoms with Crippen molar-refractivity contribution >= 4 is 0 Å². The molecular weight excluding hydrogens is 142 g/mol. The summed E-state index contributed by atoms with van der Waals surface area (Å²) in [6.45, 7) is 3.99. The largest absolute Gasteiger partial charge is 0.351 e. The molecule has 0 N–H and O–H groups in total. The van der Waals surface area contributed by atoms with Crippen molar-refractivity contribution in [1.29, 1.82) is 0 Å². The fraction of sp³-hybridized carbons (Fsp3) is 1.00. The Balaban J connectivity index is 1.75. The predicted molar refractivity (Wildman–Crippen MR) is 40.8 cm³/mol. The summed E-state index contributed by atoms with van der Waals surface area (Å²) in [5.74, 6) is 0. The lowest BCUT2D eigenvalue weighted by atomic mass is 10.2. The SMILES string of the molecule is CCCON1CCCC2OC21. The molecule has 3 heteroatoms. The fourth-order valence-corrected chi connectivity index (χ4v) is 1.52. The number of rotatable bonds is 3. The van der Waals surface area contributed by atoms with Crippen LogP contribution in [-0.4, -0.2) is 30.5 Å². The van der Waals surface area contributed by atoms with Gasteiger partial charge in [-0.05, 0) is 19.3 Å². The first-order valence-electron chi connectivity index (χ1n) is 4.47. The Labute approximate surface area is 67.2 Å². The van der Waals surface area contributed by atoms with E-state index in [9.17, 15) is 0 Å². The van der Waals surface area contributed by atoms with Crippen LogP contribution in [0.4, 0.5) is 0 Å². The molecule has 0 spiro atoms. The molecule has 0 aromatic rings. The van der Waals surface area contributed by atoms with Crippen molar-refractivity contribution in [3.05, 3.63) is 0 Å². The minimum atomic E-state index is 0.301. The van der Waals surface area contributed by atoms with Crippen molar-refractivity contribution in [3.8, 4) is 0 Å². The molecule has 2 atom stereocenters. The van der Waals surface area contributed by atoms with Crippen LogP contribution in [0.3, 0.4) is 0 Å². The minimum absolute atomic E-state index is 0.301. The maximum Gasteiger partial charge on any atom is 0.159 e. The van der Waals surface area contributed by atoms with Crippen LogP contribution in [0.2, 0.25) is 0 Å². The molecule has 2 unspecified atom stereocenters. The van der Waals surface area contributed by atoms with Crippen LogP contribution >= 0.6 is 0 Å². The number of nitrogens with zero attached hydrogens (tertiary/aromatic N) is 1. The first kappa shape index (κ1) is 7.53. The Kier molecular flexibility index (Phi) is 2.11. The molecule has 2 rings (SSSR count). The van der Waals surface area contributed by atoms with E-state index in [0.717, 1.165) is 19.6 Å². The molecule has 2 heterocycles. The van der Waals surface area contributed by atoms with Crippen molar-refractivity contribution in [2.45, 2.75) is 38.5 Å². The Morgan fingerprint density at radius 3 is 3.36 bits per heavy atom. The summed E-state index contributed by atoms with van der Waals surface area (Å²) >= 11 is 0. The second-order valence-electron chi connectivity index (χ2n) is 3.18. The third-order valence-corrected chi connectivity index (χ3v) is 2.17. The Morgan fingerprint density at radius 2 is 2.55 bits per heavy atom. The van der Waals surface area contributed by atoms with Crippen LogP contribution in [0.5, 0.6) is 0 Å². The van der Waals surface area contributed by atoms with Gasteiger partial charge in [0.2, 0.25) is 0 Å². The Bertz CT molecular complexity index is 140. The molecule has 64 valence electrons. The van der Waals surface area contributed by atoms with Gasteiger partial charge in [-0.3, -0.25) is 4.84 Å². The molecule has 0 amide bonds. The van der Waals surface area contributed by atoms with Gasteiger partial charge in [0.25, 0.3) is 0 Å². The van der Waals surface area contributed by atoms with E-state index in [-0.39, 0.29) is 0 Å². The summed E-state index contributed by atoms with van der Waals surface area (Å²) in [4.78, 5) is 5.49. The van der Waals surface area contributed by atoms with Gasteiger partial charge >= 0.3 is 0 Å². The van der Waals surface area contributed by atoms with E-state index >= 15 is 0 Å². The molecule has 0 aromatic heterocycles. The highest BCUT2D eigenvalue weighted by molar-refractivity contribution is 4.86. The van der Waals surface area contributed by atoms with E-state index in [1.807, 2.05) is 5.06 Å². The van der Waals surface area contributed by atoms with E-state index in [0.29, 0.717) is 12.3 Å². The third kappa shape index (κ3) is 1.55. The highest BCUT2D eigenvalue weighted by atomic mass is 16.7. The van der Waals surface area contributed by atoms with E-state index in [1.165, 1.54) is 12.8 Å². The van der Waals surface area contributed by atoms with Crippen LogP contribution in [-0.2, 0) is 9.57 Å². The van der Waals surface area contributed by atoms with Crippen molar-refractivity contribution in [2.75, 3.05) is 13.2 Å². The van der Waals surface area contributed by atoms with Crippen LogP contribution in [0.15, 0.2) is 0 Å². The van der Waals surface area contributed by atoms with Gasteiger partial charge in [-0.15, -0.1) is 0 Å². The molecule has 0 aliphatic carbocycles. The lowest BCUT2D eigenvalue weighted by Crippen LogP contribution is -2.33. The van der Waals surface area contributed by atoms with E-state index < -0.39 is 0 Å². The highest BCUT2D eigenvalue weighted by Gasteiger charge is 2.46. The van der Waals surface area contributed by atoms with Gasteiger partial charge in [-0.25, -0.2) is 0 Å². The van der Waals surface area contributed by atoms with Crippen LogP contribution < -0.4 is 0 Å². The van der Waals surface area contributed by atoms with Crippen LogP contribution in [0.25, 0.3) is 0 Å². The zero-order valence-corrected chi connectivity index (χ0v) is 6.95. The molecule has 2 aliphatic rings. The number of piperidine rings is 1. The second kappa shape index (κ2) is 3.09. The molecule has 0 radical (unpaired) electrons. The normalized spacial score (nSPS) is 36.8. The maximum atomic E-state index is 5.49. The second-order valence-corrected chi connectivity index (χ2v) is 3.18. The van der Waals surface area contributed by atoms with Gasteiger partial charge in [-0.1, -0.05) is 6.92 Å². The molecule has 0 aromatic carbocycles. The molecule has 0 bridgehead atoms. The average molecular weight is 157 g/mol. The Morgan fingerprint density at radius 1 is 1.64 bits per heavy atom. The smallest absolute Gasteiger partial charge is 0.159 e. The van der Waals surface area contributed by atoms with Crippen LogP contribution in [0.1, 0.15) is 26.2 Å². The van der Waals surface area contributed by atoms with Gasteiger partial charge in [0.05, 0.1) is 6.61 Å². The molecule has 3 nitrogen and oxygen atoms in total. The molecule has 0 saturated carbocycles. The van der Waals surface area contributed by atoms with E-state index in [2.05, 4.69) is 6.92 Å². The zero-order valence-electron chi connectivity index (χ0n) is 6.95. The Hall–Kier alpha value is -0.120. The summed E-state index contributed by atoms with van der Waals surface area (Å²) in [6.07, 6.45) is 4.30. The third-order valence-electron chi connectivity index (χ3n) is 2.17. The lowest BCUT2D eigenvalue weighted by Gasteiger charge is -2.21. The standard InChI is InChI=1S/C8H15NO2/c1-2-6-10-9-5-3-4-7-8(9)11-7/h7-8H,2-6H2,1H3. The average Bonchev–Trinajstić information content (AvgIpc) is 2.79. The number of epoxide rings is 1. The molecular formula is C8H15NO2. The summed E-state index contributed by atoms with van der Waals surface area (Å²) in [5, 5.41) is 2.00. The van der Waals surface area contributed by atoms with E-state index in [4.69, 9.17) is 9.57 Å². The van der Waals surface area contributed by atoms with Crippen molar-refractivity contribution in [2.24, 2.45) is 0 Å². The quantitative estimate of drug-likeness (QED) is 0.574. The van der Waals surface area contributed by atoms with Gasteiger partial charge in [0, 0.05) is 6.54 Å². The fourth-order valence-electron chi connectivity index (χ4n) is 1.52. The topological polar surface area (TPSA) is 25.0 Å². The van der Waals surface area contributed by atoms with Crippen molar-refractivity contribution in [1.82, 2.24) is 5.06 Å².